The maximum atomic E-state index is 11.7. The predicted octanol–water partition coefficient (Wildman–Crippen LogP) is 4.58. The van der Waals surface area contributed by atoms with E-state index in [4.69, 9.17) is 9.15 Å². The smallest absolute Gasteiger partial charge is 0.191 e. The molecular formula is C24H24N4O3S. The van der Waals surface area contributed by atoms with E-state index in [9.17, 15) is 4.21 Å². The number of benzene rings is 2. The van der Waals surface area contributed by atoms with Gasteiger partial charge in [0.15, 0.2) is 17.5 Å². The molecule has 3 heterocycles. The highest BCUT2D eigenvalue weighted by Crippen LogP contribution is 2.38. The van der Waals surface area contributed by atoms with Crippen molar-refractivity contribution < 1.29 is 13.4 Å². The predicted molar refractivity (Wildman–Crippen MR) is 122 cm³/mol. The number of aromatic nitrogens is 4. The molecule has 5 rings (SSSR count). The molecule has 0 aliphatic carbocycles. The third kappa shape index (κ3) is 3.64. The van der Waals surface area contributed by atoms with E-state index in [1.165, 1.54) is 5.56 Å². The van der Waals surface area contributed by atoms with Crippen LogP contribution in [0.3, 0.4) is 0 Å². The Kier molecular flexibility index (Phi) is 5.38. The van der Waals surface area contributed by atoms with Gasteiger partial charge in [-0.15, -0.1) is 10.2 Å². The minimum absolute atomic E-state index is 0.169. The molecule has 164 valence electrons. The number of hydrogen-bond acceptors (Lipinski definition) is 6. The van der Waals surface area contributed by atoms with Gasteiger partial charge in [-0.3, -0.25) is 4.21 Å². The van der Waals surface area contributed by atoms with Gasteiger partial charge in [0.2, 0.25) is 0 Å². The topological polar surface area (TPSA) is 83.0 Å². The SMILES string of the molecule is COc1cc(-c2nnc3n2CCCC3c2ccc([S@@](C)=O)cc2)ccc1-c1cnc(C)o1. The zero-order valence-electron chi connectivity index (χ0n) is 18.2. The minimum atomic E-state index is -0.982. The van der Waals surface area contributed by atoms with Crippen LogP contribution < -0.4 is 4.74 Å². The second-order valence-corrected chi connectivity index (χ2v) is 9.29. The second kappa shape index (κ2) is 8.35. The number of rotatable bonds is 5. The first-order valence-corrected chi connectivity index (χ1v) is 12.1. The summed E-state index contributed by atoms with van der Waals surface area (Å²) in [5, 5.41) is 9.12. The van der Waals surface area contributed by atoms with Gasteiger partial charge < -0.3 is 13.7 Å². The normalized spacial score (nSPS) is 16.5. The van der Waals surface area contributed by atoms with Crippen molar-refractivity contribution in [1.82, 2.24) is 19.7 Å². The van der Waals surface area contributed by atoms with Crippen LogP contribution in [0.15, 0.2) is 58.0 Å². The van der Waals surface area contributed by atoms with Crippen LogP contribution in [-0.2, 0) is 17.3 Å². The van der Waals surface area contributed by atoms with Gasteiger partial charge in [-0.25, -0.2) is 4.98 Å². The summed E-state index contributed by atoms with van der Waals surface area (Å²) in [6.45, 7) is 2.69. The van der Waals surface area contributed by atoms with Crippen LogP contribution in [-0.4, -0.2) is 37.3 Å². The third-order valence-corrected chi connectivity index (χ3v) is 6.86. The molecule has 0 fully saturated rings. The molecule has 7 nitrogen and oxygen atoms in total. The highest BCUT2D eigenvalue weighted by molar-refractivity contribution is 7.84. The van der Waals surface area contributed by atoms with Crippen LogP contribution in [0.1, 0.15) is 36.0 Å². The Balaban J connectivity index is 1.51. The van der Waals surface area contributed by atoms with Gasteiger partial charge in [0.25, 0.3) is 0 Å². The van der Waals surface area contributed by atoms with Gasteiger partial charge in [0.05, 0.1) is 18.9 Å². The molecule has 0 radical (unpaired) electrons. The van der Waals surface area contributed by atoms with Gasteiger partial charge in [-0.05, 0) is 42.7 Å². The van der Waals surface area contributed by atoms with E-state index in [1.807, 2.05) is 37.3 Å². The Morgan fingerprint density at radius 3 is 2.66 bits per heavy atom. The summed E-state index contributed by atoms with van der Waals surface area (Å²) in [5.74, 6) is 3.95. The fourth-order valence-electron chi connectivity index (χ4n) is 4.32. The lowest BCUT2D eigenvalue weighted by molar-refractivity contribution is 0.414. The lowest BCUT2D eigenvalue weighted by Gasteiger charge is -2.24. The third-order valence-electron chi connectivity index (χ3n) is 5.93. The molecule has 2 aromatic carbocycles. The van der Waals surface area contributed by atoms with E-state index in [0.717, 1.165) is 47.1 Å². The number of nitrogens with zero attached hydrogens (tertiary/aromatic N) is 4. The van der Waals surface area contributed by atoms with E-state index in [0.29, 0.717) is 17.4 Å². The maximum Gasteiger partial charge on any atom is 0.191 e. The van der Waals surface area contributed by atoms with Crippen molar-refractivity contribution in [3.63, 3.8) is 0 Å². The molecule has 32 heavy (non-hydrogen) atoms. The summed E-state index contributed by atoms with van der Waals surface area (Å²) in [6.07, 6.45) is 5.45. The highest BCUT2D eigenvalue weighted by atomic mass is 32.2. The minimum Gasteiger partial charge on any atom is -0.496 e. The Bertz CT molecular complexity index is 1290. The number of fused-ring (bicyclic) bond motifs is 1. The van der Waals surface area contributed by atoms with Gasteiger partial charge in [0, 0.05) is 46.9 Å². The molecule has 2 aromatic heterocycles. The van der Waals surface area contributed by atoms with Crippen molar-refractivity contribution in [2.24, 2.45) is 0 Å². The van der Waals surface area contributed by atoms with Crippen LogP contribution >= 0.6 is 0 Å². The largest absolute Gasteiger partial charge is 0.496 e. The number of oxazole rings is 1. The average molecular weight is 449 g/mol. The molecule has 0 saturated heterocycles. The van der Waals surface area contributed by atoms with Crippen LogP contribution in [0.5, 0.6) is 5.75 Å². The molecule has 0 bridgehead atoms. The van der Waals surface area contributed by atoms with E-state index in [1.54, 1.807) is 19.6 Å². The lowest BCUT2D eigenvalue weighted by atomic mass is 9.91. The first kappa shape index (κ1) is 20.6. The van der Waals surface area contributed by atoms with E-state index in [2.05, 4.69) is 31.9 Å². The molecule has 0 amide bonds. The van der Waals surface area contributed by atoms with Crippen molar-refractivity contribution in [3.05, 3.63) is 65.9 Å². The van der Waals surface area contributed by atoms with Crippen molar-refractivity contribution >= 4 is 10.8 Å². The summed E-state index contributed by atoms with van der Waals surface area (Å²) in [6, 6.07) is 14.0. The van der Waals surface area contributed by atoms with E-state index in [-0.39, 0.29) is 5.92 Å². The highest BCUT2D eigenvalue weighted by Gasteiger charge is 2.27. The molecule has 1 aliphatic heterocycles. The van der Waals surface area contributed by atoms with Gasteiger partial charge in [-0.1, -0.05) is 18.2 Å². The Morgan fingerprint density at radius 1 is 1.16 bits per heavy atom. The number of ether oxygens (including phenoxy) is 1. The lowest BCUT2D eigenvalue weighted by Crippen LogP contribution is -2.17. The standard InChI is InChI=1S/C24H24N4O3S/c1-15-25-14-22(31-15)20-11-8-17(13-21(20)30-2)23-26-27-24-19(5-4-12-28(23)24)16-6-9-18(10-7-16)32(3)29/h6-11,13-14,19H,4-5,12H2,1-3H3/t19?,32-/m1/s1. The van der Waals surface area contributed by atoms with Crippen LogP contribution in [0.25, 0.3) is 22.7 Å². The molecule has 0 saturated carbocycles. The Labute approximate surface area is 188 Å². The number of aryl methyl sites for hydroxylation is 1. The van der Waals surface area contributed by atoms with Crippen molar-refractivity contribution in [2.45, 2.75) is 37.1 Å². The quantitative estimate of drug-likeness (QED) is 0.444. The molecule has 8 heteroatoms. The maximum absolute atomic E-state index is 11.7. The van der Waals surface area contributed by atoms with Crippen molar-refractivity contribution in [2.75, 3.05) is 13.4 Å². The second-order valence-electron chi connectivity index (χ2n) is 7.91. The first-order valence-electron chi connectivity index (χ1n) is 10.5. The zero-order valence-corrected chi connectivity index (χ0v) is 19.1. The fraction of sp³-hybridized carbons (Fsp3) is 0.292. The van der Waals surface area contributed by atoms with Crippen molar-refractivity contribution in [1.29, 1.82) is 0 Å². The monoisotopic (exact) mass is 448 g/mol. The number of hydrogen-bond donors (Lipinski definition) is 0. The number of methoxy groups -OCH3 is 1. The van der Waals surface area contributed by atoms with Crippen molar-refractivity contribution in [3.8, 4) is 28.5 Å². The molecule has 1 aliphatic rings. The Morgan fingerprint density at radius 2 is 1.97 bits per heavy atom. The summed E-state index contributed by atoms with van der Waals surface area (Å²) in [4.78, 5) is 5.02. The summed E-state index contributed by atoms with van der Waals surface area (Å²) >= 11 is 0. The molecule has 4 aromatic rings. The Hall–Kier alpha value is -3.26. The van der Waals surface area contributed by atoms with Crippen LogP contribution in [0.4, 0.5) is 0 Å². The summed E-state index contributed by atoms with van der Waals surface area (Å²) < 4.78 is 25.2. The van der Waals surface area contributed by atoms with Gasteiger partial charge >= 0.3 is 0 Å². The average Bonchev–Trinajstić information content (AvgIpc) is 3.45. The van der Waals surface area contributed by atoms with Gasteiger partial charge in [0.1, 0.15) is 11.6 Å². The first-order chi connectivity index (χ1) is 15.5. The molecule has 2 atom stereocenters. The summed E-state index contributed by atoms with van der Waals surface area (Å²) in [5.41, 5.74) is 2.96. The zero-order chi connectivity index (χ0) is 22.2. The molecule has 1 unspecified atom stereocenters. The molecular weight excluding hydrogens is 424 g/mol. The molecule has 0 N–H and O–H groups in total. The fourth-order valence-corrected chi connectivity index (χ4v) is 4.84. The van der Waals surface area contributed by atoms with Crippen LogP contribution in [0, 0.1) is 6.92 Å². The molecule has 0 spiro atoms. The van der Waals surface area contributed by atoms with Gasteiger partial charge in [-0.2, -0.15) is 0 Å². The van der Waals surface area contributed by atoms with E-state index < -0.39 is 10.8 Å². The van der Waals surface area contributed by atoms with Crippen LogP contribution in [0.2, 0.25) is 0 Å². The summed E-state index contributed by atoms with van der Waals surface area (Å²) in [7, 11) is 0.665. The van der Waals surface area contributed by atoms with E-state index >= 15 is 0 Å².